The second-order valence-electron chi connectivity index (χ2n) is 7.68. The number of nitrogens with two attached hydrogens (primary N) is 1. The lowest BCUT2D eigenvalue weighted by atomic mass is 10.1. The third-order valence-electron chi connectivity index (χ3n) is 5.33. The van der Waals surface area contributed by atoms with Crippen LogP contribution in [0.25, 0.3) is 42.2 Å². The number of aromatic amines is 2. The van der Waals surface area contributed by atoms with Crippen molar-refractivity contribution in [3.8, 4) is 0 Å². The van der Waals surface area contributed by atoms with Crippen molar-refractivity contribution in [2.75, 3.05) is 5.73 Å². The molecule has 0 unspecified atom stereocenters. The Morgan fingerprint density at radius 3 is 1.78 bits per heavy atom. The summed E-state index contributed by atoms with van der Waals surface area (Å²) >= 11 is 2.64. The van der Waals surface area contributed by atoms with E-state index in [1.807, 2.05) is 6.92 Å². The standard InChI is InChI=1S/C12H8N2O3S.C11H7N3O3S/c1-5-13-9-10(18-5)7-3-2-6(12(16)17)4-8(7)14-11(9)15;12-11-14-7-8(18-11)5-2-1-4(10(16)17)3-6(5)13-9(7)15/h2-4H,1H3,(H,14,15)(H,16,17);1-3H,(H2,12,14)(H,13,15)(H,16,17). The van der Waals surface area contributed by atoms with E-state index >= 15 is 0 Å². The molecule has 6 aromatic rings. The molecule has 0 fully saturated rings. The smallest absolute Gasteiger partial charge is 0.335 e. The molecule has 0 spiro atoms. The van der Waals surface area contributed by atoms with Gasteiger partial charge in [-0.2, -0.15) is 0 Å². The average molecular weight is 522 g/mol. The lowest BCUT2D eigenvalue weighted by Gasteiger charge is -2.00. The highest BCUT2D eigenvalue weighted by Crippen LogP contribution is 2.29. The fraction of sp³-hybridized carbons (Fsp3) is 0.0435. The van der Waals surface area contributed by atoms with E-state index in [9.17, 15) is 19.2 Å². The van der Waals surface area contributed by atoms with Crippen molar-refractivity contribution in [2.24, 2.45) is 0 Å². The van der Waals surface area contributed by atoms with Crippen LogP contribution in [0.1, 0.15) is 25.7 Å². The summed E-state index contributed by atoms with van der Waals surface area (Å²) in [7, 11) is 0. The minimum Gasteiger partial charge on any atom is -0.478 e. The van der Waals surface area contributed by atoms with Gasteiger partial charge in [-0.3, -0.25) is 9.59 Å². The van der Waals surface area contributed by atoms with Crippen LogP contribution < -0.4 is 16.9 Å². The second-order valence-corrected chi connectivity index (χ2v) is 9.91. The monoisotopic (exact) mass is 521 g/mol. The predicted octanol–water partition coefficient (Wildman–Crippen LogP) is 3.56. The Morgan fingerprint density at radius 2 is 1.28 bits per heavy atom. The van der Waals surface area contributed by atoms with Crippen LogP contribution in [-0.2, 0) is 0 Å². The summed E-state index contributed by atoms with van der Waals surface area (Å²) in [5.74, 6) is -2.06. The summed E-state index contributed by atoms with van der Waals surface area (Å²) < 4.78 is 1.46. The molecule has 0 saturated heterocycles. The van der Waals surface area contributed by atoms with Gasteiger partial charge in [0.1, 0.15) is 11.0 Å². The lowest BCUT2D eigenvalue weighted by Crippen LogP contribution is -2.07. The van der Waals surface area contributed by atoms with Crippen molar-refractivity contribution in [3.05, 3.63) is 73.2 Å². The summed E-state index contributed by atoms with van der Waals surface area (Å²) in [5.41, 5.74) is 6.89. The molecule has 0 atom stereocenters. The number of hydrogen-bond donors (Lipinski definition) is 5. The third kappa shape index (κ3) is 3.95. The number of aromatic carboxylic acids is 2. The molecule has 180 valence electrons. The van der Waals surface area contributed by atoms with Gasteiger partial charge in [-0.1, -0.05) is 23.5 Å². The Bertz CT molecular complexity index is 1840. The van der Waals surface area contributed by atoms with E-state index in [-0.39, 0.29) is 27.8 Å². The quantitative estimate of drug-likeness (QED) is 0.226. The van der Waals surface area contributed by atoms with Crippen LogP contribution in [-0.4, -0.2) is 42.1 Å². The van der Waals surface area contributed by atoms with Gasteiger partial charge in [-0.15, -0.1) is 11.3 Å². The molecule has 6 rings (SSSR count). The summed E-state index contributed by atoms with van der Waals surface area (Å²) in [6, 6.07) is 9.25. The molecule has 13 heteroatoms. The van der Waals surface area contributed by atoms with Crippen molar-refractivity contribution in [1.82, 2.24) is 19.9 Å². The highest BCUT2D eigenvalue weighted by atomic mass is 32.1. The van der Waals surface area contributed by atoms with Crippen molar-refractivity contribution in [1.29, 1.82) is 0 Å². The second kappa shape index (κ2) is 8.55. The largest absolute Gasteiger partial charge is 0.478 e. The van der Waals surface area contributed by atoms with Gasteiger partial charge in [0.15, 0.2) is 5.13 Å². The molecule has 36 heavy (non-hydrogen) atoms. The lowest BCUT2D eigenvalue weighted by molar-refractivity contribution is 0.0686. The Balaban J connectivity index is 0.000000148. The number of nitrogens with one attached hydrogen (secondary N) is 2. The Kier molecular flexibility index (Phi) is 5.50. The molecular weight excluding hydrogens is 506 g/mol. The number of aromatic nitrogens is 4. The first kappa shape index (κ1) is 23.1. The van der Waals surface area contributed by atoms with E-state index in [4.69, 9.17) is 15.9 Å². The van der Waals surface area contributed by atoms with E-state index in [1.165, 1.54) is 46.9 Å². The number of fused-ring (bicyclic) bond motifs is 6. The Labute approximate surface area is 207 Å². The molecular formula is C23H15N5O6S2. The van der Waals surface area contributed by atoms with Crippen molar-refractivity contribution < 1.29 is 19.8 Å². The molecule has 0 aliphatic heterocycles. The Morgan fingerprint density at radius 1 is 0.806 bits per heavy atom. The van der Waals surface area contributed by atoms with Gasteiger partial charge in [0.05, 0.1) is 36.6 Å². The summed E-state index contributed by atoms with van der Waals surface area (Å²) in [6.45, 7) is 1.83. The number of pyridine rings is 2. The summed E-state index contributed by atoms with van der Waals surface area (Å²) in [5, 5.41) is 20.5. The topological polar surface area (TPSA) is 192 Å². The Hall–Kier alpha value is -4.62. The molecule has 6 N–H and O–H groups in total. The first-order valence-electron chi connectivity index (χ1n) is 10.2. The number of nitrogen functional groups attached to an aromatic ring is 1. The number of hydrogen-bond acceptors (Lipinski definition) is 9. The van der Waals surface area contributed by atoms with Gasteiger partial charge in [-0.25, -0.2) is 19.6 Å². The van der Waals surface area contributed by atoms with Gasteiger partial charge < -0.3 is 25.9 Å². The number of carbonyl (C=O) groups is 2. The van der Waals surface area contributed by atoms with Gasteiger partial charge in [0.25, 0.3) is 11.1 Å². The number of thiazole rings is 2. The number of carboxylic acids is 2. The first-order valence-corrected chi connectivity index (χ1v) is 11.9. The van der Waals surface area contributed by atoms with Gasteiger partial charge in [0, 0.05) is 10.8 Å². The van der Waals surface area contributed by atoms with Crippen LogP contribution in [0.5, 0.6) is 0 Å². The zero-order valence-corrected chi connectivity index (χ0v) is 19.9. The molecule has 0 aliphatic rings. The van der Waals surface area contributed by atoms with Crippen LogP contribution in [0.15, 0.2) is 46.0 Å². The minimum absolute atomic E-state index is 0.120. The molecule has 11 nitrogen and oxygen atoms in total. The van der Waals surface area contributed by atoms with Crippen molar-refractivity contribution in [3.63, 3.8) is 0 Å². The maximum atomic E-state index is 11.8. The summed E-state index contributed by atoms with van der Waals surface area (Å²) in [4.78, 5) is 58.8. The number of rotatable bonds is 2. The van der Waals surface area contributed by atoms with Crippen molar-refractivity contribution >= 4 is 82.0 Å². The molecule has 2 aromatic carbocycles. The number of anilines is 1. The zero-order chi connectivity index (χ0) is 25.7. The molecule has 0 aliphatic carbocycles. The zero-order valence-electron chi connectivity index (χ0n) is 18.3. The minimum atomic E-state index is -1.04. The highest BCUT2D eigenvalue weighted by Gasteiger charge is 2.13. The van der Waals surface area contributed by atoms with E-state index < -0.39 is 11.9 Å². The maximum absolute atomic E-state index is 11.8. The first-order chi connectivity index (χ1) is 17.1. The number of H-pyrrole nitrogens is 2. The normalized spacial score (nSPS) is 11.1. The summed E-state index contributed by atoms with van der Waals surface area (Å²) in [6.07, 6.45) is 0. The fourth-order valence-electron chi connectivity index (χ4n) is 3.76. The number of aryl methyl sites for hydroxylation is 1. The highest BCUT2D eigenvalue weighted by molar-refractivity contribution is 7.23. The van der Waals surface area contributed by atoms with Gasteiger partial charge in [-0.05, 0) is 31.2 Å². The molecule has 0 radical (unpaired) electrons. The SMILES string of the molecule is Cc1nc2c(=O)[nH]c3cc(C(=O)O)ccc3c2s1.Nc1nc2c(=O)[nH]c3cc(C(=O)O)ccc3c2s1. The fourth-order valence-corrected chi connectivity index (χ4v) is 5.58. The molecule has 4 heterocycles. The van der Waals surface area contributed by atoms with Crippen LogP contribution in [0.4, 0.5) is 5.13 Å². The van der Waals surface area contributed by atoms with Crippen molar-refractivity contribution in [2.45, 2.75) is 6.92 Å². The van der Waals surface area contributed by atoms with E-state index in [2.05, 4.69) is 19.9 Å². The molecule has 0 bridgehead atoms. The van der Waals surface area contributed by atoms with Gasteiger partial charge >= 0.3 is 11.9 Å². The number of nitrogens with zero attached hydrogens (tertiary/aromatic N) is 2. The van der Waals surface area contributed by atoms with Crippen LogP contribution in [0.3, 0.4) is 0 Å². The number of carboxylic acid groups (broad SMARTS) is 2. The molecule has 4 aromatic heterocycles. The maximum Gasteiger partial charge on any atom is 0.335 e. The predicted molar refractivity (Wildman–Crippen MR) is 139 cm³/mol. The third-order valence-corrected chi connectivity index (χ3v) is 7.25. The molecule has 0 saturated carbocycles. The molecule has 0 amide bonds. The van der Waals surface area contributed by atoms with Gasteiger partial charge in [0.2, 0.25) is 0 Å². The van der Waals surface area contributed by atoms with Crippen LogP contribution in [0.2, 0.25) is 0 Å². The van der Waals surface area contributed by atoms with Crippen LogP contribution in [0, 0.1) is 6.92 Å². The number of benzene rings is 2. The average Bonchev–Trinajstić information content (AvgIpc) is 3.42. The van der Waals surface area contributed by atoms with Crippen LogP contribution >= 0.6 is 22.7 Å². The van der Waals surface area contributed by atoms with E-state index in [0.29, 0.717) is 26.4 Å². The van der Waals surface area contributed by atoms with E-state index in [1.54, 1.807) is 12.1 Å². The van der Waals surface area contributed by atoms with E-state index in [0.717, 1.165) is 20.5 Å².